The zero-order valence-electron chi connectivity index (χ0n) is 19.0. The number of para-hydroxylation sites is 2. The smallest absolute Gasteiger partial charge is 0.340 e. The van der Waals surface area contributed by atoms with Crippen molar-refractivity contribution >= 4 is 29.2 Å². The molecule has 35 heavy (non-hydrogen) atoms. The zero-order valence-corrected chi connectivity index (χ0v) is 19.0. The molecular formula is C25H22N4O6. The van der Waals surface area contributed by atoms with Crippen molar-refractivity contribution in [1.82, 2.24) is 9.36 Å². The third-order valence-electron chi connectivity index (χ3n) is 5.29. The van der Waals surface area contributed by atoms with E-state index in [0.717, 1.165) is 0 Å². The fourth-order valence-electron chi connectivity index (χ4n) is 3.46. The number of carbonyl (C=O) groups excluding carboxylic acids is 3. The van der Waals surface area contributed by atoms with Crippen LogP contribution < -0.4 is 16.2 Å². The molecule has 2 N–H and O–H groups in total. The summed E-state index contributed by atoms with van der Waals surface area (Å²) >= 11 is 0. The Bertz CT molecular complexity index is 1430. The molecule has 0 atom stereocenters. The molecule has 2 heterocycles. The highest BCUT2D eigenvalue weighted by atomic mass is 16.5. The van der Waals surface area contributed by atoms with Crippen molar-refractivity contribution < 1.29 is 23.5 Å². The predicted octanol–water partition coefficient (Wildman–Crippen LogP) is 3.13. The number of nitrogens with zero attached hydrogens (tertiary/aromatic N) is 2. The number of ether oxygens (including phenoxy) is 1. The van der Waals surface area contributed by atoms with Crippen LogP contribution in [0.4, 0.5) is 11.4 Å². The van der Waals surface area contributed by atoms with Crippen molar-refractivity contribution in [2.24, 2.45) is 7.05 Å². The first-order chi connectivity index (χ1) is 16.9. The molecule has 0 fully saturated rings. The van der Waals surface area contributed by atoms with Crippen LogP contribution in [0.15, 0.2) is 82.2 Å². The molecule has 0 radical (unpaired) electrons. The molecular weight excluding hydrogens is 452 g/mol. The normalized spacial score (nSPS) is 10.6. The Morgan fingerprint density at radius 1 is 0.943 bits per heavy atom. The van der Waals surface area contributed by atoms with Gasteiger partial charge >= 0.3 is 5.97 Å². The van der Waals surface area contributed by atoms with Gasteiger partial charge in [0, 0.05) is 7.05 Å². The maximum atomic E-state index is 12.9. The average molecular weight is 474 g/mol. The number of aromatic nitrogens is 2. The molecule has 4 rings (SSSR count). The topological polar surface area (TPSA) is 125 Å². The summed E-state index contributed by atoms with van der Waals surface area (Å²) in [5.41, 5.74) is 1.10. The van der Waals surface area contributed by atoms with Crippen LogP contribution in [0.3, 0.4) is 0 Å². The van der Waals surface area contributed by atoms with E-state index in [9.17, 15) is 19.2 Å². The lowest BCUT2D eigenvalue weighted by atomic mass is 10.1. The lowest BCUT2D eigenvalue weighted by Gasteiger charge is -2.10. The zero-order chi connectivity index (χ0) is 24.9. The van der Waals surface area contributed by atoms with Crippen molar-refractivity contribution in [2.75, 3.05) is 17.2 Å². The Labute approximate surface area is 199 Å². The maximum Gasteiger partial charge on any atom is 0.340 e. The number of furan rings is 1. The molecule has 0 aliphatic rings. The van der Waals surface area contributed by atoms with Crippen molar-refractivity contribution in [3.63, 3.8) is 0 Å². The van der Waals surface area contributed by atoms with Gasteiger partial charge in [0.15, 0.2) is 12.4 Å². The van der Waals surface area contributed by atoms with Crippen LogP contribution in [-0.4, -0.2) is 33.8 Å². The Hall–Kier alpha value is -4.86. The first-order valence-electron chi connectivity index (χ1n) is 10.6. The first-order valence-corrected chi connectivity index (χ1v) is 10.6. The maximum absolute atomic E-state index is 12.9. The number of nitrogens with one attached hydrogen (secondary N) is 2. The fraction of sp³-hybridized carbons (Fsp3) is 0.120. The van der Waals surface area contributed by atoms with Gasteiger partial charge < -0.3 is 19.8 Å². The Kier molecular flexibility index (Phi) is 6.63. The SMILES string of the molecule is Cc1c(NC(=O)COC(=O)c2ccccc2NC(=O)c2ccco2)c(=O)n(-c2ccccc2)n1C. The largest absolute Gasteiger partial charge is 0.459 e. The summed E-state index contributed by atoms with van der Waals surface area (Å²) in [6, 6.07) is 18.3. The van der Waals surface area contributed by atoms with Gasteiger partial charge in [-0.05, 0) is 43.3 Å². The highest BCUT2D eigenvalue weighted by Crippen LogP contribution is 2.18. The second-order valence-electron chi connectivity index (χ2n) is 7.54. The molecule has 10 heteroatoms. The lowest BCUT2D eigenvalue weighted by Crippen LogP contribution is -2.26. The minimum atomic E-state index is -0.818. The molecule has 0 bridgehead atoms. The van der Waals surface area contributed by atoms with Gasteiger partial charge in [-0.2, -0.15) is 0 Å². The van der Waals surface area contributed by atoms with Gasteiger partial charge in [0.05, 0.1) is 28.9 Å². The molecule has 2 amide bonds. The molecule has 4 aromatic rings. The average Bonchev–Trinajstić information content (AvgIpc) is 3.47. The fourth-order valence-corrected chi connectivity index (χ4v) is 3.46. The van der Waals surface area contributed by atoms with Gasteiger partial charge in [-0.15, -0.1) is 0 Å². The van der Waals surface area contributed by atoms with Gasteiger partial charge in [0.2, 0.25) is 0 Å². The van der Waals surface area contributed by atoms with Crippen LogP contribution in [0.2, 0.25) is 0 Å². The molecule has 0 unspecified atom stereocenters. The third kappa shape index (κ3) is 4.91. The molecule has 0 aliphatic carbocycles. The number of anilines is 2. The second kappa shape index (κ2) is 9.96. The monoisotopic (exact) mass is 474 g/mol. The molecule has 2 aromatic heterocycles. The van der Waals surface area contributed by atoms with Crippen LogP contribution >= 0.6 is 0 Å². The molecule has 0 saturated heterocycles. The summed E-state index contributed by atoms with van der Waals surface area (Å²) in [4.78, 5) is 50.3. The highest BCUT2D eigenvalue weighted by Gasteiger charge is 2.20. The van der Waals surface area contributed by atoms with Crippen LogP contribution in [-0.2, 0) is 16.6 Å². The minimum absolute atomic E-state index is 0.0579. The number of esters is 1. The van der Waals surface area contributed by atoms with E-state index in [1.807, 2.05) is 6.07 Å². The van der Waals surface area contributed by atoms with E-state index in [0.29, 0.717) is 11.4 Å². The van der Waals surface area contributed by atoms with Gasteiger partial charge in [-0.1, -0.05) is 30.3 Å². The molecule has 2 aromatic carbocycles. The van der Waals surface area contributed by atoms with E-state index >= 15 is 0 Å². The quantitative estimate of drug-likeness (QED) is 0.397. The van der Waals surface area contributed by atoms with E-state index in [1.165, 1.54) is 29.1 Å². The minimum Gasteiger partial charge on any atom is -0.459 e. The van der Waals surface area contributed by atoms with Crippen LogP contribution in [0.1, 0.15) is 26.6 Å². The van der Waals surface area contributed by atoms with Crippen molar-refractivity contribution in [3.8, 4) is 5.69 Å². The number of hydrogen-bond acceptors (Lipinski definition) is 6. The number of hydrogen-bond donors (Lipinski definition) is 2. The van der Waals surface area contributed by atoms with Gasteiger partial charge in [0.25, 0.3) is 17.4 Å². The van der Waals surface area contributed by atoms with E-state index in [2.05, 4.69) is 10.6 Å². The van der Waals surface area contributed by atoms with E-state index < -0.39 is 29.9 Å². The Morgan fingerprint density at radius 2 is 1.66 bits per heavy atom. The van der Waals surface area contributed by atoms with Gasteiger partial charge in [-0.25, -0.2) is 9.48 Å². The summed E-state index contributed by atoms with van der Waals surface area (Å²) in [5.74, 6) is -1.96. The molecule has 178 valence electrons. The van der Waals surface area contributed by atoms with Crippen LogP contribution in [0.5, 0.6) is 0 Å². The summed E-state index contributed by atoms with van der Waals surface area (Å²) in [5, 5.41) is 5.11. The summed E-state index contributed by atoms with van der Waals surface area (Å²) < 4.78 is 13.2. The lowest BCUT2D eigenvalue weighted by molar-refractivity contribution is -0.119. The van der Waals surface area contributed by atoms with Crippen molar-refractivity contribution in [2.45, 2.75) is 6.92 Å². The molecule has 0 aliphatic heterocycles. The first kappa shape index (κ1) is 23.3. The summed E-state index contributed by atoms with van der Waals surface area (Å²) in [6.45, 7) is 1.07. The van der Waals surface area contributed by atoms with Crippen molar-refractivity contribution in [1.29, 1.82) is 0 Å². The van der Waals surface area contributed by atoms with E-state index in [4.69, 9.17) is 9.15 Å². The van der Waals surface area contributed by atoms with Gasteiger partial charge in [-0.3, -0.25) is 19.1 Å². The molecule has 0 spiro atoms. The Balaban J connectivity index is 1.44. The summed E-state index contributed by atoms with van der Waals surface area (Å²) in [6.07, 6.45) is 1.36. The van der Waals surface area contributed by atoms with Crippen LogP contribution in [0, 0.1) is 6.92 Å². The second-order valence-corrected chi connectivity index (χ2v) is 7.54. The molecule has 0 saturated carbocycles. The van der Waals surface area contributed by atoms with Crippen molar-refractivity contribution in [3.05, 3.63) is 100 Å². The standard InChI is InChI=1S/C25H22N4O6/c1-16-22(24(32)29(28(16)2)17-9-4-3-5-10-17)27-21(30)15-35-25(33)18-11-6-7-12-19(18)26-23(31)20-13-8-14-34-20/h3-14H,15H2,1-2H3,(H,26,31)(H,27,30). The molecule has 10 nitrogen and oxygen atoms in total. The highest BCUT2D eigenvalue weighted by molar-refractivity contribution is 6.07. The predicted molar refractivity (Wildman–Crippen MR) is 128 cm³/mol. The van der Waals surface area contributed by atoms with Gasteiger partial charge in [0.1, 0.15) is 5.69 Å². The third-order valence-corrected chi connectivity index (χ3v) is 5.29. The summed E-state index contributed by atoms with van der Waals surface area (Å²) in [7, 11) is 1.70. The van der Waals surface area contributed by atoms with E-state index in [1.54, 1.807) is 61.1 Å². The number of carbonyl (C=O) groups is 3. The van der Waals surface area contributed by atoms with Crippen LogP contribution in [0.25, 0.3) is 5.69 Å². The number of benzene rings is 2. The van der Waals surface area contributed by atoms with E-state index in [-0.39, 0.29) is 22.7 Å². The number of rotatable bonds is 7. The number of amides is 2. The Morgan fingerprint density at radius 3 is 2.37 bits per heavy atom.